The molecule has 1 unspecified atom stereocenters. The molecular formula is C10H14N2O2S. The summed E-state index contributed by atoms with van der Waals surface area (Å²) in [5, 5.41) is 0. The number of methoxy groups -OCH3 is 1. The summed E-state index contributed by atoms with van der Waals surface area (Å²) in [4.78, 5) is 19.3. The number of thioether (sulfide) groups is 1. The Bertz CT molecular complexity index is 306. The minimum absolute atomic E-state index is 0.0799. The third-order valence-electron chi connectivity index (χ3n) is 1.82. The first-order valence-electron chi connectivity index (χ1n) is 4.65. The van der Waals surface area contributed by atoms with Crippen molar-refractivity contribution >= 4 is 17.7 Å². The van der Waals surface area contributed by atoms with Crippen molar-refractivity contribution in [1.82, 2.24) is 9.97 Å². The molecule has 82 valence electrons. The third kappa shape index (κ3) is 4.29. The third-order valence-corrected chi connectivity index (χ3v) is 3.02. The Hall–Kier alpha value is -1.10. The van der Waals surface area contributed by atoms with Gasteiger partial charge in [-0.2, -0.15) is 11.8 Å². The van der Waals surface area contributed by atoms with Gasteiger partial charge < -0.3 is 4.74 Å². The summed E-state index contributed by atoms with van der Waals surface area (Å²) < 4.78 is 4.63. The van der Waals surface area contributed by atoms with Gasteiger partial charge in [0.2, 0.25) is 0 Å². The van der Waals surface area contributed by atoms with Gasteiger partial charge in [0.15, 0.2) is 0 Å². The lowest BCUT2D eigenvalue weighted by Gasteiger charge is -2.07. The lowest BCUT2D eigenvalue weighted by molar-refractivity contribution is -0.143. The van der Waals surface area contributed by atoms with Crippen molar-refractivity contribution in [3.63, 3.8) is 0 Å². The number of carbonyl (C=O) groups excluding carboxylic acids is 1. The van der Waals surface area contributed by atoms with Crippen LogP contribution in [0.3, 0.4) is 0 Å². The number of rotatable bonds is 5. The van der Waals surface area contributed by atoms with Crippen molar-refractivity contribution in [3.8, 4) is 0 Å². The molecule has 1 atom stereocenters. The predicted molar refractivity (Wildman–Crippen MR) is 59.4 cm³/mol. The van der Waals surface area contributed by atoms with Gasteiger partial charge in [0.1, 0.15) is 5.82 Å². The van der Waals surface area contributed by atoms with Crippen LogP contribution in [0, 0.1) is 5.92 Å². The average molecular weight is 226 g/mol. The van der Waals surface area contributed by atoms with Crippen molar-refractivity contribution in [2.45, 2.75) is 12.7 Å². The monoisotopic (exact) mass is 226 g/mol. The number of nitrogens with zero attached hydrogens (tertiary/aromatic N) is 2. The fraction of sp³-hybridized carbons (Fsp3) is 0.500. The van der Waals surface area contributed by atoms with Crippen LogP contribution in [0.2, 0.25) is 0 Å². The summed E-state index contributed by atoms with van der Waals surface area (Å²) >= 11 is 1.63. The fourth-order valence-corrected chi connectivity index (χ4v) is 1.94. The van der Waals surface area contributed by atoms with Crippen LogP contribution in [0.25, 0.3) is 0 Å². The summed E-state index contributed by atoms with van der Waals surface area (Å²) in [6.07, 6.45) is 3.43. The van der Waals surface area contributed by atoms with E-state index in [1.165, 1.54) is 7.11 Å². The first-order chi connectivity index (χ1) is 7.24. The predicted octanol–water partition coefficient (Wildman–Crippen LogP) is 1.52. The SMILES string of the molecule is COC(=O)C(C)CSCc1ncccn1. The molecule has 0 saturated heterocycles. The smallest absolute Gasteiger partial charge is 0.309 e. The second-order valence-electron chi connectivity index (χ2n) is 3.10. The Morgan fingerprint density at radius 1 is 1.53 bits per heavy atom. The highest BCUT2D eigenvalue weighted by Gasteiger charge is 2.12. The second kappa shape index (κ2) is 6.40. The topological polar surface area (TPSA) is 52.1 Å². The van der Waals surface area contributed by atoms with Gasteiger partial charge in [0, 0.05) is 18.1 Å². The van der Waals surface area contributed by atoms with Crippen LogP contribution in [0.5, 0.6) is 0 Å². The van der Waals surface area contributed by atoms with Crippen molar-refractivity contribution in [2.75, 3.05) is 12.9 Å². The molecule has 0 amide bonds. The van der Waals surface area contributed by atoms with E-state index in [1.54, 1.807) is 30.2 Å². The Labute approximate surface area is 93.5 Å². The minimum atomic E-state index is -0.170. The maximum absolute atomic E-state index is 11.1. The first-order valence-corrected chi connectivity index (χ1v) is 5.81. The van der Waals surface area contributed by atoms with E-state index in [0.29, 0.717) is 0 Å². The Balaban J connectivity index is 2.25. The normalized spacial score (nSPS) is 12.1. The van der Waals surface area contributed by atoms with Crippen LogP contribution in [0.1, 0.15) is 12.7 Å². The molecule has 0 saturated carbocycles. The summed E-state index contributed by atoms with van der Waals surface area (Å²) in [7, 11) is 1.41. The van der Waals surface area contributed by atoms with Crippen molar-refractivity contribution in [2.24, 2.45) is 5.92 Å². The molecule has 1 heterocycles. The van der Waals surface area contributed by atoms with Gasteiger partial charge in [-0.3, -0.25) is 4.79 Å². The van der Waals surface area contributed by atoms with Crippen molar-refractivity contribution in [1.29, 1.82) is 0 Å². The molecule has 0 bridgehead atoms. The molecule has 0 aliphatic carbocycles. The van der Waals surface area contributed by atoms with Gasteiger partial charge in [-0.15, -0.1) is 0 Å². The number of ether oxygens (including phenoxy) is 1. The Morgan fingerprint density at radius 2 is 2.20 bits per heavy atom. The fourth-order valence-electron chi connectivity index (χ4n) is 1.00. The molecule has 0 aliphatic rings. The Morgan fingerprint density at radius 3 is 2.80 bits per heavy atom. The number of carbonyl (C=O) groups is 1. The maximum Gasteiger partial charge on any atom is 0.309 e. The van der Waals surface area contributed by atoms with E-state index in [2.05, 4.69) is 14.7 Å². The van der Waals surface area contributed by atoms with Gasteiger partial charge in [-0.05, 0) is 6.07 Å². The van der Waals surface area contributed by atoms with Crippen LogP contribution >= 0.6 is 11.8 Å². The molecule has 0 fully saturated rings. The van der Waals surface area contributed by atoms with Crippen LogP contribution < -0.4 is 0 Å². The first kappa shape index (κ1) is 12.0. The minimum Gasteiger partial charge on any atom is -0.469 e. The molecule has 0 N–H and O–H groups in total. The zero-order valence-electron chi connectivity index (χ0n) is 8.84. The van der Waals surface area contributed by atoms with E-state index < -0.39 is 0 Å². The lowest BCUT2D eigenvalue weighted by Crippen LogP contribution is -2.15. The van der Waals surface area contributed by atoms with E-state index in [4.69, 9.17) is 0 Å². The molecule has 5 heteroatoms. The summed E-state index contributed by atoms with van der Waals surface area (Å²) in [6.45, 7) is 1.85. The summed E-state index contributed by atoms with van der Waals surface area (Å²) in [6, 6.07) is 1.78. The van der Waals surface area contributed by atoms with Crippen molar-refractivity contribution in [3.05, 3.63) is 24.3 Å². The van der Waals surface area contributed by atoms with Crippen LogP contribution in [-0.2, 0) is 15.3 Å². The Kier molecular flexibility index (Phi) is 5.10. The largest absolute Gasteiger partial charge is 0.469 e. The average Bonchev–Trinajstić information content (AvgIpc) is 2.29. The van der Waals surface area contributed by atoms with E-state index in [9.17, 15) is 4.79 Å². The summed E-state index contributed by atoms with van der Waals surface area (Å²) in [5.41, 5.74) is 0. The van der Waals surface area contributed by atoms with E-state index >= 15 is 0 Å². The molecule has 0 aliphatic heterocycles. The van der Waals surface area contributed by atoms with Crippen LogP contribution in [-0.4, -0.2) is 28.8 Å². The van der Waals surface area contributed by atoms with Crippen molar-refractivity contribution < 1.29 is 9.53 Å². The molecule has 15 heavy (non-hydrogen) atoms. The van der Waals surface area contributed by atoms with Crippen LogP contribution in [0.4, 0.5) is 0 Å². The second-order valence-corrected chi connectivity index (χ2v) is 4.13. The van der Waals surface area contributed by atoms with E-state index in [-0.39, 0.29) is 11.9 Å². The lowest BCUT2D eigenvalue weighted by atomic mass is 10.2. The molecular weight excluding hydrogens is 212 g/mol. The molecule has 0 spiro atoms. The highest BCUT2D eigenvalue weighted by Crippen LogP contribution is 2.13. The molecule has 1 aromatic rings. The molecule has 0 aromatic carbocycles. The van der Waals surface area contributed by atoms with E-state index in [0.717, 1.165) is 17.3 Å². The number of aromatic nitrogens is 2. The zero-order valence-corrected chi connectivity index (χ0v) is 9.66. The molecule has 1 aromatic heterocycles. The van der Waals surface area contributed by atoms with Gasteiger partial charge >= 0.3 is 5.97 Å². The van der Waals surface area contributed by atoms with Gasteiger partial charge in [0.25, 0.3) is 0 Å². The van der Waals surface area contributed by atoms with Gasteiger partial charge in [0.05, 0.1) is 18.8 Å². The maximum atomic E-state index is 11.1. The molecule has 1 rings (SSSR count). The molecule has 0 radical (unpaired) electrons. The summed E-state index contributed by atoms with van der Waals surface area (Å²) in [5.74, 6) is 1.99. The number of hydrogen-bond acceptors (Lipinski definition) is 5. The molecule has 4 nitrogen and oxygen atoms in total. The van der Waals surface area contributed by atoms with Gasteiger partial charge in [-0.25, -0.2) is 9.97 Å². The zero-order chi connectivity index (χ0) is 11.1. The quantitative estimate of drug-likeness (QED) is 0.712. The van der Waals surface area contributed by atoms with Gasteiger partial charge in [-0.1, -0.05) is 6.92 Å². The highest BCUT2D eigenvalue weighted by molar-refractivity contribution is 7.98. The number of esters is 1. The standard InChI is InChI=1S/C10H14N2O2S/c1-8(10(13)14-2)6-15-7-9-11-4-3-5-12-9/h3-5,8H,6-7H2,1-2H3. The number of hydrogen-bond donors (Lipinski definition) is 0. The van der Waals surface area contributed by atoms with E-state index in [1.807, 2.05) is 6.92 Å². The van der Waals surface area contributed by atoms with Crippen LogP contribution in [0.15, 0.2) is 18.5 Å². The highest BCUT2D eigenvalue weighted by atomic mass is 32.2.